The molecule has 1 unspecified atom stereocenters. The summed E-state index contributed by atoms with van der Waals surface area (Å²) in [6.45, 7) is 3.74. The van der Waals surface area contributed by atoms with Crippen LogP contribution >= 0.6 is 0 Å². The maximum atomic E-state index is 14.2. The number of para-hydroxylation sites is 1. The van der Waals surface area contributed by atoms with Gasteiger partial charge in [0.1, 0.15) is 29.9 Å². The molecule has 1 atom stereocenters. The molecule has 0 heterocycles. The van der Waals surface area contributed by atoms with Crippen LogP contribution in [-0.4, -0.2) is 50.5 Å². The van der Waals surface area contributed by atoms with Crippen LogP contribution in [-0.2, 0) is 32.6 Å². The van der Waals surface area contributed by atoms with Crippen molar-refractivity contribution in [1.29, 1.82) is 0 Å². The third-order valence-corrected chi connectivity index (χ3v) is 8.15. The van der Waals surface area contributed by atoms with E-state index in [1.54, 1.807) is 48.5 Å². The van der Waals surface area contributed by atoms with E-state index in [1.165, 1.54) is 17.0 Å². The molecule has 45 heavy (non-hydrogen) atoms. The van der Waals surface area contributed by atoms with Gasteiger partial charge in [-0.05, 0) is 65.6 Å². The summed E-state index contributed by atoms with van der Waals surface area (Å²) in [7, 11) is -3.93. The van der Waals surface area contributed by atoms with Crippen molar-refractivity contribution in [2.45, 2.75) is 32.9 Å². The van der Waals surface area contributed by atoms with Crippen LogP contribution in [0.4, 0.5) is 10.1 Å². The highest BCUT2D eigenvalue weighted by Gasteiger charge is 2.33. The quantitative estimate of drug-likeness (QED) is 0.190. The summed E-state index contributed by atoms with van der Waals surface area (Å²) in [5.74, 6) is -0.104. The maximum Gasteiger partial charge on any atom is 0.244 e. The third kappa shape index (κ3) is 9.90. The number of ether oxygens (including phenoxy) is 1. The van der Waals surface area contributed by atoms with E-state index in [4.69, 9.17) is 4.74 Å². The van der Waals surface area contributed by atoms with Crippen molar-refractivity contribution in [2.75, 3.05) is 23.7 Å². The standard InChI is InChI=1S/C35H38FN3O5S/c1-26(2)23-37-35(41)33(22-27-10-6-4-7-11-27)38(24-28-14-16-29(36)17-15-28)34(40)25-39(45(3,42)43)30-18-20-32(21-19-30)44-31-12-8-5-9-13-31/h4-21,26,33H,22-25H2,1-3H3,(H,37,41). The van der Waals surface area contributed by atoms with Crippen molar-refractivity contribution in [3.63, 3.8) is 0 Å². The third-order valence-electron chi connectivity index (χ3n) is 7.00. The fourth-order valence-corrected chi connectivity index (χ4v) is 5.53. The lowest BCUT2D eigenvalue weighted by molar-refractivity contribution is -0.140. The Morgan fingerprint density at radius 1 is 0.800 bits per heavy atom. The van der Waals surface area contributed by atoms with Crippen molar-refractivity contribution in [3.8, 4) is 11.5 Å². The topological polar surface area (TPSA) is 96.0 Å². The summed E-state index contributed by atoms with van der Waals surface area (Å²) in [4.78, 5) is 29.2. The summed E-state index contributed by atoms with van der Waals surface area (Å²) in [6.07, 6.45) is 1.22. The molecular formula is C35H38FN3O5S. The Bertz CT molecular complexity index is 1650. The summed E-state index contributed by atoms with van der Waals surface area (Å²) in [6, 6.07) is 29.5. The van der Waals surface area contributed by atoms with Gasteiger partial charge in [0.25, 0.3) is 0 Å². The van der Waals surface area contributed by atoms with Crippen molar-refractivity contribution < 1.29 is 27.1 Å². The molecule has 1 N–H and O–H groups in total. The van der Waals surface area contributed by atoms with Gasteiger partial charge in [0, 0.05) is 19.5 Å². The number of halogens is 1. The van der Waals surface area contributed by atoms with E-state index in [0.717, 1.165) is 16.1 Å². The number of amides is 2. The maximum absolute atomic E-state index is 14.2. The van der Waals surface area contributed by atoms with Crippen LogP contribution in [0.15, 0.2) is 109 Å². The molecule has 2 amide bonds. The number of carbonyl (C=O) groups is 2. The number of hydrogen-bond donors (Lipinski definition) is 1. The van der Waals surface area contributed by atoms with Gasteiger partial charge in [-0.25, -0.2) is 12.8 Å². The molecule has 0 aliphatic rings. The molecule has 0 fully saturated rings. The predicted molar refractivity (Wildman–Crippen MR) is 174 cm³/mol. The second-order valence-corrected chi connectivity index (χ2v) is 13.1. The van der Waals surface area contributed by atoms with Gasteiger partial charge in [0.2, 0.25) is 21.8 Å². The Labute approximate surface area is 264 Å². The molecule has 236 valence electrons. The molecule has 0 aliphatic heterocycles. The van der Waals surface area contributed by atoms with Crippen LogP contribution < -0.4 is 14.4 Å². The highest BCUT2D eigenvalue weighted by molar-refractivity contribution is 7.92. The molecule has 0 saturated heterocycles. The van der Waals surface area contributed by atoms with Crippen LogP contribution in [0.3, 0.4) is 0 Å². The van der Waals surface area contributed by atoms with Crippen molar-refractivity contribution in [1.82, 2.24) is 10.2 Å². The Hall–Kier alpha value is -4.70. The second kappa shape index (κ2) is 15.3. The minimum atomic E-state index is -3.93. The number of nitrogens with zero attached hydrogens (tertiary/aromatic N) is 2. The molecule has 0 aromatic heterocycles. The molecule has 0 aliphatic carbocycles. The lowest BCUT2D eigenvalue weighted by Crippen LogP contribution is -2.53. The van der Waals surface area contributed by atoms with Crippen LogP contribution in [0.5, 0.6) is 11.5 Å². The van der Waals surface area contributed by atoms with E-state index in [2.05, 4.69) is 5.32 Å². The van der Waals surface area contributed by atoms with Gasteiger partial charge in [-0.3, -0.25) is 13.9 Å². The van der Waals surface area contributed by atoms with Crippen LogP contribution in [0.2, 0.25) is 0 Å². The van der Waals surface area contributed by atoms with E-state index < -0.39 is 34.3 Å². The molecular weight excluding hydrogens is 593 g/mol. The molecule has 0 spiro atoms. The monoisotopic (exact) mass is 631 g/mol. The second-order valence-electron chi connectivity index (χ2n) is 11.2. The van der Waals surface area contributed by atoms with Gasteiger partial charge in [0.05, 0.1) is 11.9 Å². The zero-order valence-corrected chi connectivity index (χ0v) is 26.4. The normalized spacial score (nSPS) is 11.9. The molecule has 0 radical (unpaired) electrons. The first kappa shape index (κ1) is 33.2. The Morgan fingerprint density at radius 3 is 1.96 bits per heavy atom. The number of anilines is 1. The highest BCUT2D eigenvalue weighted by Crippen LogP contribution is 2.26. The fraction of sp³-hybridized carbons (Fsp3) is 0.257. The molecule has 10 heteroatoms. The minimum absolute atomic E-state index is 0.0346. The average molecular weight is 632 g/mol. The van der Waals surface area contributed by atoms with Crippen molar-refractivity contribution >= 4 is 27.5 Å². The van der Waals surface area contributed by atoms with Gasteiger partial charge in [0.15, 0.2) is 0 Å². The SMILES string of the molecule is CC(C)CNC(=O)C(Cc1ccccc1)N(Cc1ccc(F)cc1)C(=O)CN(c1ccc(Oc2ccccc2)cc1)S(C)(=O)=O. The smallest absolute Gasteiger partial charge is 0.244 e. The summed E-state index contributed by atoms with van der Waals surface area (Å²) in [5, 5.41) is 2.94. The Kier molecular flexibility index (Phi) is 11.3. The zero-order chi connectivity index (χ0) is 32.4. The number of rotatable bonds is 14. The van der Waals surface area contributed by atoms with Crippen LogP contribution in [0.1, 0.15) is 25.0 Å². The largest absolute Gasteiger partial charge is 0.457 e. The van der Waals surface area contributed by atoms with Gasteiger partial charge >= 0.3 is 0 Å². The fourth-order valence-electron chi connectivity index (χ4n) is 4.68. The lowest BCUT2D eigenvalue weighted by atomic mass is 10.0. The lowest BCUT2D eigenvalue weighted by Gasteiger charge is -2.33. The minimum Gasteiger partial charge on any atom is -0.457 e. The van der Waals surface area contributed by atoms with Gasteiger partial charge in [-0.1, -0.05) is 74.5 Å². The van der Waals surface area contributed by atoms with Gasteiger partial charge in [-0.2, -0.15) is 0 Å². The van der Waals surface area contributed by atoms with E-state index in [9.17, 15) is 22.4 Å². The molecule has 0 saturated carbocycles. The number of benzene rings is 4. The molecule has 0 bridgehead atoms. The summed E-state index contributed by atoms with van der Waals surface area (Å²) in [5.41, 5.74) is 1.68. The van der Waals surface area contributed by atoms with Gasteiger partial charge in [-0.15, -0.1) is 0 Å². The number of sulfonamides is 1. The van der Waals surface area contributed by atoms with Crippen molar-refractivity contribution in [2.24, 2.45) is 5.92 Å². The van der Waals surface area contributed by atoms with E-state index in [1.807, 2.05) is 62.4 Å². The van der Waals surface area contributed by atoms with E-state index >= 15 is 0 Å². The highest BCUT2D eigenvalue weighted by atomic mass is 32.2. The average Bonchev–Trinajstić information content (AvgIpc) is 3.02. The molecule has 8 nitrogen and oxygen atoms in total. The molecule has 4 aromatic rings. The van der Waals surface area contributed by atoms with Crippen LogP contribution in [0, 0.1) is 11.7 Å². The first-order chi connectivity index (χ1) is 21.5. The summed E-state index contributed by atoms with van der Waals surface area (Å²) < 4.78 is 46.7. The number of carbonyl (C=O) groups excluding carboxylic acids is 2. The van der Waals surface area contributed by atoms with E-state index in [-0.39, 0.29) is 30.5 Å². The first-order valence-corrected chi connectivity index (χ1v) is 16.5. The molecule has 4 aromatic carbocycles. The zero-order valence-electron chi connectivity index (χ0n) is 25.6. The molecule has 4 rings (SSSR count). The van der Waals surface area contributed by atoms with E-state index in [0.29, 0.717) is 23.6 Å². The summed E-state index contributed by atoms with van der Waals surface area (Å²) >= 11 is 0. The number of hydrogen-bond acceptors (Lipinski definition) is 5. The van der Waals surface area contributed by atoms with Crippen molar-refractivity contribution in [3.05, 3.63) is 126 Å². The predicted octanol–water partition coefficient (Wildman–Crippen LogP) is 5.80. The first-order valence-electron chi connectivity index (χ1n) is 14.7. The Balaban J connectivity index is 1.67. The van der Waals surface area contributed by atoms with Crippen LogP contribution in [0.25, 0.3) is 0 Å². The Morgan fingerprint density at radius 2 is 1.38 bits per heavy atom. The van der Waals surface area contributed by atoms with Gasteiger partial charge < -0.3 is 15.0 Å². The number of nitrogens with one attached hydrogen (secondary N) is 1.